The Bertz CT molecular complexity index is 664. The zero-order chi connectivity index (χ0) is 17.8. The lowest BCUT2D eigenvalue weighted by Crippen LogP contribution is -2.21. The fraction of sp³-hybridized carbons (Fsp3) is 0.444. The van der Waals surface area contributed by atoms with Crippen LogP contribution in [-0.2, 0) is 4.79 Å². The standard InChI is InChI=1S/C18H22ClNO3/c1-11(2)23-16-14(19)8-12(9-15(16)22-6)7-13(10-20)17(21)18(3,4)5/h7-9,11H,1-6H3/b13-7+. The maximum Gasteiger partial charge on any atom is 0.180 e. The molecule has 0 aliphatic rings. The first-order chi connectivity index (χ1) is 10.6. The summed E-state index contributed by atoms with van der Waals surface area (Å²) >= 11 is 6.25. The number of nitrogens with zero attached hydrogens (tertiary/aromatic N) is 1. The van der Waals surface area contributed by atoms with Crippen LogP contribution in [0, 0.1) is 16.7 Å². The van der Waals surface area contributed by atoms with Crippen LogP contribution in [0.1, 0.15) is 40.2 Å². The minimum Gasteiger partial charge on any atom is -0.493 e. The molecule has 0 aromatic heterocycles. The van der Waals surface area contributed by atoms with Crippen LogP contribution in [-0.4, -0.2) is 19.0 Å². The second-order valence-corrected chi connectivity index (χ2v) is 6.86. The third kappa shape index (κ3) is 5.01. The van der Waals surface area contributed by atoms with Crippen molar-refractivity contribution in [3.8, 4) is 17.6 Å². The number of carbonyl (C=O) groups excluding carboxylic acids is 1. The molecule has 23 heavy (non-hydrogen) atoms. The summed E-state index contributed by atoms with van der Waals surface area (Å²) in [5.74, 6) is 0.678. The lowest BCUT2D eigenvalue weighted by atomic mass is 9.86. The van der Waals surface area contributed by atoms with Gasteiger partial charge in [0, 0.05) is 5.41 Å². The van der Waals surface area contributed by atoms with E-state index in [-0.39, 0.29) is 17.5 Å². The van der Waals surface area contributed by atoms with Gasteiger partial charge in [0.15, 0.2) is 17.3 Å². The fourth-order valence-electron chi connectivity index (χ4n) is 1.89. The van der Waals surface area contributed by atoms with Crippen LogP contribution in [0.3, 0.4) is 0 Å². The molecular formula is C18H22ClNO3. The molecule has 1 aromatic rings. The molecule has 0 saturated heterocycles. The molecule has 0 spiro atoms. The minimum atomic E-state index is -0.629. The number of hydrogen-bond acceptors (Lipinski definition) is 4. The molecule has 0 fully saturated rings. The maximum atomic E-state index is 12.3. The van der Waals surface area contributed by atoms with Gasteiger partial charge in [-0.05, 0) is 37.6 Å². The summed E-state index contributed by atoms with van der Waals surface area (Å²) in [5.41, 5.74) is 0.0566. The lowest BCUT2D eigenvalue weighted by Gasteiger charge is -2.17. The number of methoxy groups -OCH3 is 1. The number of carbonyl (C=O) groups is 1. The van der Waals surface area contributed by atoms with Gasteiger partial charge >= 0.3 is 0 Å². The van der Waals surface area contributed by atoms with Crippen molar-refractivity contribution >= 4 is 23.5 Å². The first-order valence-electron chi connectivity index (χ1n) is 7.31. The highest BCUT2D eigenvalue weighted by atomic mass is 35.5. The molecule has 0 radical (unpaired) electrons. The number of rotatable bonds is 5. The van der Waals surface area contributed by atoms with Gasteiger partial charge in [0.25, 0.3) is 0 Å². The normalized spacial score (nSPS) is 12.0. The molecule has 5 heteroatoms. The van der Waals surface area contributed by atoms with E-state index in [1.807, 2.05) is 19.9 Å². The van der Waals surface area contributed by atoms with Crippen molar-refractivity contribution in [3.05, 3.63) is 28.3 Å². The molecule has 0 bridgehead atoms. The molecule has 4 nitrogen and oxygen atoms in total. The van der Waals surface area contributed by atoms with Gasteiger partial charge in [-0.25, -0.2) is 0 Å². The number of ether oxygens (including phenoxy) is 2. The summed E-state index contributed by atoms with van der Waals surface area (Å²) in [4.78, 5) is 12.3. The van der Waals surface area contributed by atoms with E-state index < -0.39 is 5.41 Å². The van der Waals surface area contributed by atoms with Gasteiger partial charge < -0.3 is 9.47 Å². The summed E-state index contributed by atoms with van der Waals surface area (Å²) in [6, 6.07) is 5.30. The van der Waals surface area contributed by atoms with Gasteiger partial charge in [0.1, 0.15) is 6.07 Å². The van der Waals surface area contributed by atoms with Crippen molar-refractivity contribution in [1.82, 2.24) is 0 Å². The predicted molar refractivity (Wildman–Crippen MR) is 91.8 cm³/mol. The fourth-order valence-corrected chi connectivity index (χ4v) is 2.16. The van der Waals surface area contributed by atoms with Crippen LogP contribution >= 0.6 is 11.6 Å². The van der Waals surface area contributed by atoms with Crippen LogP contribution in [0.4, 0.5) is 0 Å². The Morgan fingerprint density at radius 1 is 1.35 bits per heavy atom. The Balaban J connectivity index is 3.34. The number of ketones is 1. The van der Waals surface area contributed by atoms with E-state index in [1.165, 1.54) is 13.2 Å². The number of nitriles is 1. The maximum absolute atomic E-state index is 12.3. The molecule has 0 unspecified atom stereocenters. The van der Waals surface area contributed by atoms with Crippen LogP contribution < -0.4 is 9.47 Å². The Hall–Kier alpha value is -1.99. The first kappa shape index (κ1) is 19.1. The smallest absolute Gasteiger partial charge is 0.180 e. The molecule has 0 heterocycles. The van der Waals surface area contributed by atoms with Gasteiger partial charge in [-0.1, -0.05) is 32.4 Å². The van der Waals surface area contributed by atoms with E-state index in [9.17, 15) is 10.1 Å². The van der Waals surface area contributed by atoms with Crippen molar-refractivity contribution in [2.75, 3.05) is 7.11 Å². The molecule has 0 N–H and O–H groups in total. The molecule has 124 valence electrons. The second kappa shape index (κ2) is 7.52. The van der Waals surface area contributed by atoms with E-state index >= 15 is 0 Å². The van der Waals surface area contributed by atoms with E-state index in [1.54, 1.807) is 32.9 Å². The molecule has 0 atom stereocenters. The Labute approximate surface area is 142 Å². The summed E-state index contributed by atoms with van der Waals surface area (Å²) in [6.07, 6.45) is 1.46. The summed E-state index contributed by atoms with van der Waals surface area (Å²) in [5, 5.41) is 9.63. The molecule has 1 aromatic carbocycles. The van der Waals surface area contributed by atoms with Crippen molar-refractivity contribution in [1.29, 1.82) is 5.26 Å². The van der Waals surface area contributed by atoms with Gasteiger partial charge in [-0.15, -0.1) is 0 Å². The van der Waals surface area contributed by atoms with E-state index in [0.717, 1.165) is 0 Å². The Morgan fingerprint density at radius 3 is 2.39 bits per heavy atom. The monoisotopic (exact) mass is 335 g/mol. The van der Waals surface area contributed by atoms with Gasteiger partial charge in [0.05, 0.1) is 23.8 Å². The number of allylic oxidation sites excluding steroid dienone is 1. The number of hydrogen-bond donors (Lipinski definition) is 0. The van der Waals surface area contributed by atoms with E-state index in [4.69, 9.17) is 21.1 Å². The van der Waals surface area contributed by atoms with E-state index in [0.29, 0.717) is 22.1 Å². The largest absolute Gasteiger partial charge is 0.493 e. The van der Waals surface area contributed by atoms with Gasteiger partial charge in [-0.2, -0.15) is 5.26 Å². The van der Waals surface area contributed by atoms with Crippen LogP contribution in [0.5, 0.6) is 11.5 Å². The third-order valence-corrected chi connectivity index (χ3v) is 3.24. The van der Waals surface area contributed by atoms with Crippen molar-refractivity contribution in [3.63, 3.8) is 0 Å². The van der Waals surface area contributed by atoms with Crippen LogP contribution in [0.15, 0.2) is 17.7 Å². The SMILES string of the molecule is COc1cc(/C=C(\C#N)C(=O)C(C)(C)C)cc(Cl)c1OC(C)C. The van der Waals surface area contributed by atoms with E-state index in [2.05, 4.69) is 0 Å². The average Bonchev–Trinajstić information content (AvgIpc) is 2.45. The summed E-state index contributed by atoms with van der Waals surface area (Å²) in [6.45, 7) is 9.09. The highest BCUT2D eigenvalue weighted by Gasteiger charge is 2.25. The Morgan fingerprint density at radius 2 is 1.96 bits per heavy atom. The summed E-state index contributed by atoms with van der Waals surface area (Å²) in [7, 11) is 1.51. The van der Waals surface area contributed by atoms with Gasteiger partial charge in [0.2, 0.25) is 0 Å². The average molecular weight is 336 g/mol. The molecule has 1 rings (SSSR count). The van der Waals surface area contributed by atoms with Crippen molar-refractivity contribution < 1.29 is 14.3 Å². The quantitative estimate of drug-likeness (QED) is 0.580. The number of benzene rings is 1. The first-order valence-corrected chi connectivity index (χ1v) is 7.68. The minimum absolute atomic E-state index is 0.0556. The van der Waals surface area contributed by atoms with Gasteiger partial charge in [-0.3, -0.25) is 4.79 Å². The molecule has 0 aliphatic heterocycles. The van der Waals surface area contributed by atoms with Crippen LogP contribution in [0.25, 0.3) is 6.08 Å². The zero-order valence-electron chi connectivity index (χ0n) is 14.4. The molecule has 0 aliphatic carbocycles. The number of Topliss-reactive ketones (excluding diaryl/α,β-unsaturated/α-hetero) is 1. The topological polar surface area (TPSA) is 59.3 Å². The highest BCUT2D eigenvalue weighted by molar-refractivity contribution is 6.32. The highest BCUT2D eigenvalue weighted by Crippen LogP contribution is 2.37. The van der Waals surface area contributed by atoms with Crippen LogP contribution in [0.2, 0.25) is 5.02 Å². The number of halogens is 1. The lowest BCUT2D eigenvalue weighted by molar-refractivity contribution is -0.121. The second-order valence-electron chi connectivity index (χ2n) is 6.45. The molecular weight excluding hydrogens is 314 g/mol. The predicted octanol–water partition coefficient (Wildman–Crippen LogP) is 4.66. The van der Waals surface area contributed by atoms with Crippen molar-refractivity contribution in [2.24, 2.45) is 5.41 Å². The molecule has 0 amide bonds. The Kier molecular flexibility index (Phi) is 6.23. The van der Waals surface area contributed by atoms with Crippen molar-refractivity contribution in [2.45, 2.75) is 40.7 Å². The summed E-state index contributed by atoms with van der Waals surface area (Å²) < 4.78 is 10.9. The molecule has 0 saturated carbocycles. The zero-order valence-corrected chi connectivity index (χ0v) is 15.1. The third-order valence-electron chi connectivity index (χ3n) is 2.96.